The van der Waals surface area contributed by atoms with E-state index < -0.39 is 0 Å². The van der Waals surface area contributed by atoms with E-state index in [1.54, 1.807) is 11.1 Å². The van der Waals surface area contributed by atoms with Crippen LogP contribution in [0.15, 0.2) is 36.7 Å². The smallest absolute Gasteiger partial charge is 0.225 e. The standard InChI is InChI=1S/C19H23ClN4O2/c1-2-23-10-9-21-17(23)11-22-19(26)15-5-8-18(25)24(13-15)12-14-3-6-16(20)7-4-14/h3-4,6-7,9-10,15H,2,5,8,11-13H2,1H3,(H,22,26). The monoisotopic (exact) mass is 374 g/mol. The summed E-state index contributed by atoms with van der Waals surface area (Å²) in [6.45, 7) is 4.20. The number of nitrogens with one attached hydrogen (secondary N) is 1. The largest absolute Gasteiger partial charge is 0.349 e. The van der Waals surface area contributed by atoms with Crippen molar-refractivity contribution in [2.24, 2.45) is 5.92 Å². The van der Waals surface area contributed by atoms with Gasteiger partial charge in [-0.25, -0.2) is 4.98 Å². The summed E-state index contributed by atoms with van der Waals surface area (Å²) in [5.41, 5.74) is 1.01. The molecule has 26 heavy (non-hydrogen) atoms. The predicted octanol–water partition coefficient (Wildman–Crippen LogP) is 2.61. The van der Waals surface area contributed by atoms with Gasteiger partial charge in [0.15, 0.2) is 0 Å². The Morgan fingerprint density at radius 1 is 1.35 bits per heavy atom. The van der Waals surface area contributed by atoms with E-state index in [-0.39, 0.29) is 17.7 Å². The third-order valence-corrected chi connectivity index (χ3v) is 4.97. The molecule has 3 rings (SSSR count). The van der Waals surface area contributed by atoms with Gasteiger partial charge in [0.1, 0.15) is 5.82 Å². The van der Waals surface area contributed by atoms with Crippen LogP contribution in [0.5, 0.6) is 0 Å². The van der Waals surface area contributed by atoms with E-state index in [9.17, 15) is 9.59 Å². The number of carbonyl (C=O) groups excluding carboxylic acids is 2. The molecule has 0 bridgehead atoms. The molecule has 138 valence electrons. The third-order valence-electron chi connectivity index (χ3n) is 4.72. The van der Waals surface area contributed by atoms with Crippen LogP contribution in [-0.2, 0) is 29.2 Å². The van der Waals surface area contributed by atoms with Crippen molar-refractivity contribution in [3.8, 4) is 0 Å². The van der Waals surface area contributed by atoms with Crippen LogP contribution in [0.2, 0.25) is 5.02 Å². The average molecular weight is 375 g/mol. The van der Waals surface area contributed by atoms with Crippen molar-refractivity contribution in [1.82, 2.24) is 19.8 Å². The molecule has 2 aromatic rings. The summed E-state index contributed by atoms with van der Waals surface area (Å²) in [6, 6.07) is 7.43. The molecule has 0 spiro atoms. The third kappa shape index (κ3) is 4.43. The Morgan fingerprint density at radius 2 is 2.12 bits per heavy atom. The molecule has 0 aliphatic carbocycles. The number of carbonyl (C=O) groups is 2. The summed E-state index contributed by atoms with van der Waals surface area (Å²) < 4.78 is 2.00. The van der Waals surface area contributed by atoms with Gasteiger partial charge < -0.3 is 14.8 Å². The highest BCUT2D eigenvalue weighted by Gasteiger charge is 2.30. The van der Waals surface area contributed by atoms with Crippen molar-refractivity contribution >= 4 is 23.4 Å². The van der Waals surface area contributed by atoms with Crippen LogP contribution >= 0.6 is 11.6 Å². The number of nitrogens with zero attached hydrogens (tertiary/aromatic N) is 3. The zero-order valence-electron chi connectivity index (χ0n) is 14.8. The molecule has 1 saturated heterocycles. The molecule has 7 heteroatoms. The molecule has 2 heterocycles. The number of imidazole rings is 1. The minimum absolute atomic E-state index is 0.0238. The molecule has 1 fully saturated rings. The van der Waals surface area contributed by atoms with Crippen LogP contribution in [-0.4, -0.2) is 32.8 Å². The molecule has 0 saturated carbocycles. The molecule has 0 radical (unpaired) electrons. The molecular formula is C19H23ClN4O2. The Labute approximate surface area is 158 Å². The van der Waals surface area contributed by atoms with Gasteiger partial charge in [0.2, 0.25) is 11.8 Å². The summed E-state index contributed by atoms with van der Waals surface area (Å²) in [5.74, 6) is 0.714. The second kappa shape index (κ2) is 8.36. The molecular weight excluding hydrogens is 352 g/mol. The molecule has 1 unspecified atom stereocenters. The Balaban J connectivity index is 1.57. The highest BCUT2D eigenvalue weighted by Crippen LogP contribution is 2.21. The molecule has 1 N–H and O–H groups in total. The number of benzene rings is 1. The second-order valence-electron chi connectivity index (χ2n) is 6.48. The second-order valence-corrected chi connectivity index (χ2v) is 6.92. The molecule has 1 aliphatic rings. The lowest BCUT2D eigenvalue weighted by Crippen LogP contribution is -2.45. The topological polar surface area (TPSA) is 67.2 Å². The van der Waals surface area contributed by atoms with Crippen molar-refractivity contribution in [3.63, 3.8) is 0 Å². The van der Waals surface area contributed by atoms with Crippen molar-refractivity contribution in [2.75, 3.05) is 6.54 Å². The molecule has 1 aliphatic heterocycles. The zero-order valence-corrected chi connectivity index (χ0v) is 15.6. The zero-order chi connectivity index (χ0) is 18.5. The first-order chi connectivity index (χ1) is 12.6. The van der Waals surface area contributed by atoms with Crippen LogP contribution in [0.25, 0.3) is 0 Å². The maximum atomic E-state index is 12.5. The van der Waals surface area contributed by atoms with Crippen molar-refractivity contribution < 1.29 is 9.59 Å². The Bertz CT molecular complexity index is 772. The highest BCUT2D eigenvalue weighted by atomic mass is 35.5. The lowest BCUT2D eigenvalue weighted by Gasteiger charge is -2.32. The Kier molecular flexibility index (Phi) is 5.93. The van der Waals surface area contributed by atoms with E-state index in [0.29, 0.717) is 37.5 Å². The average Bonchev–Trinajstić information content (AvgIpc) is 3.11. The first-order valence-corrected chi connectivity index (χ1v) is 9.24. The summed E-state index contributed by atoms with van der Waals surface area (Å²) in [5, 5.41) is 3.63. The predicted molar refractivity (Wildman–Crippen MR) is 99.3 cm³/mol. The number of piperidine rings is 1. The number of aryl methyl sites for hydroxylation is 1. The molecule has 6 nitrogen and oxygen atoms in total. The molecule has 1 aromatic carbocycles. The number of halogens is 1. The van der Waals surface area contributed by atoms with E-state index >= 15 is 0 Å². The number of hydrogen-bond acceptors (Lipinski definition) is 3. The fraction of sp³-hybridized carbons (Fsp3) is 0.421. The van der Waals surface area contributed by atoms with Crippen LogP contribution in [0.3, 0.4) is 0 Å². The van der Waals surface area contributed by atoms with Gasteiger partial charge in [0, 0.05) is 43.5 Å². The Hall–Kier alpha value is -2.34. The van der Waals surface area contributed by atoms with E-state index in [2.05, 4.69) is 10.3 Å². The minimum Gasteiger partial charge on any atom is -0.349 e. The van der Waals surface area contributed by atoms with Gasteiger partial charge in [0.05, 0.1) is 12.5 Å². The number of aromatic nitrogens is 2. The van der Waals surface area contributed by atoms with E-state index in [1.165, 1.54) is 0 Å². The van der Waals surface area contributed by atoms with Crippen molar-refractivity contribution in [2.45, 2.75) is 39.4 Å². The lowest BCUT2D eigenvalue weighted by molar-refractivity contribution is -0.139. The summed E-state index contributed by atoms with van der Waals surface area (Å²) in [4.78, 5) is 30.8. The van der Waals surface area contributed by atoms with Crippen LogP contribution < -0.4 is 5.32 Å². The van der Waals surface area contributed by atoms with Crippen LogP contribution in [0.1, 0.15) is 31.2 Å². The number of hydrogen-bond donors (Lipinski definition) is 1. The maximum Gasteiger partial charge on any atom is 0.225 e. The van der Waals surface area contributed by atoms with Gasteiger partial charge in [-0.1, -0.05) is 23.7 Å². The van der Waals surface area contributed by atoms with Gasteiger partial charge >= 0.3 is 0 Å². The van der Waals surface area contributed by atoms with Gasteiger partial charge in [0.25, 0.3) is 0 Å². The highest BCUT2D eigenvalue weighted by molar-refractivity contribution is 6.30. The van der Waals surface area contributed by atoms with Gasteiger partial charge in [-0.05, 0) is 31.0 Å². The lowest BCUT2D eigenvalue weighted by atomic mass is 9.96. The first kappa shape index (κ1) is 18.5. The van der Waals surface area contributed by atoms with E-state index in [0.717, 1.165) is 17.9 Å². The fourth-order valence-corrected chi connectivity index (χ4v) is 3.32. The minimum atomic E-state index is -0.190. The van der Waals surface area contributed by atoms with Crippen molar-refractivity contribution in [3.05, 3.63) is 53.1 Å². The molecule has 2 amide bonds. The summed E-state index contributed by atoms with van der Waals surface area (Å²) in [7, 11) is 0. The molecule has 1 aromatic heterocycles. The number of likely N-dealkylation sites (tertiary alicyclic amines) is 1. The fourth-order valence-electron chi connectivity index (χ4n) is 3.20. The molecule has 1 atom stereocenters. The maximum absolute atomic E-state index is 12.5. The van der Waals surface area contributed by atoms with Gasteiger partial charge in [-0.2, -0.15) is 0 Å². The van der Waals surface area contributed by atoms with Crippen LogP contribution in [0.4, 0.5) is 0 Å². The Morgan fingerprint density at radius 3 is 2.85 bits per heavy atom. The first-order valence-electron chi connectivity index (χ1n) is 8.86. The number of rotatable bonds is 6. The number of amides is 2. The van der Waals surface area contributed by atoms with E-state index in [4.69, 9.17) is 11.6 Å². The summed E-state index contributed by atoms with van der Waals surface area (Å²) in [6.07, 6.45) is 4.62. The van der Waals surface area contributed by atoms with Gasteiger partial charge in [-0.3, -0.25) is 9.59 Å². The van der Waals surface area contributed by atoms with Crippen molar-refractivity contribution in [1.29, 1.82) is 0 Å². The van der Waals surface area contributed by atoms with E-state index in [1.807, 2.05) is 42.0 Å². The SMILES string of the molecule is CCn1ccnc1CNC(=O)C1CCC(=O)N(Cc2ccc(Cl)cc2)C1. The quantitative estimate of drug-likeness (QED) is 0.845. The van der Waals surface area contributed by atoms with Gasteiger partial charge in [-0.15, -0.1) is 0 Å². The summed E-state index contributed by atoms with van der Waals surface area (Å²) >= 11 is 5.91. The normalized spacial score (nSPS) is 17.4. The van der Waals surface area contributed by atoms with Crippen LogP contribution in [0, 0.1) is 5.92 Å².